The van der Waals surface area contributed by atoms with Gasteiger partial charge in [-0.1, -0.05) is 32.9 Å². The maximum absolute atomic E-state index is 13.5. The highest BCUT2D eigenvalue weighted by molar-refractivity contribution is 7.12. The van der Waals surface area contributed by atoms with Gasteiger partial charge in [0.25, 0.3) is 0 Å². The van der Waals surface area contributed by atoms with Crippen molar-refractivity contribution in [2.24, 2.45) is 11.1 Å². The van der Waals surface area contributed by atoms with Crippen LogP contribution in [0, 0.1) is 28.1 Å². The molecule has 0 amide bonds. The summed E-state index contributed by atoms with van der Waals surface area (Å²) in [5.41, 5.74) is 9.25. The van der Waals surface area contributed by atoms with Crippen molar-refractivity contribution in [3.63, 3.8) is 0 Å². The van der Waals surface area contributed by atoms with E-state index in [1.54, 1.807) is 28.4 Å². The molecule has 0 saturated carbocycles. The Labute approximate surface area is 186 Å². The van der Waals surface area contributed by atoms with Crippen molar-refractivity contribution in [1.29, 1.82) is 10.5 Å². The number of carbonyl (C=O) groups excluding carboxylic acids is 1. The zero-order chi connectivity index (χ0) is 22.3. The molecule has 1 aromatic heterocycles. The van der Waals surface area contributed by atoms with Gasteiger partial charge in [0.1, 0.15) is 11.9 Å². The molecule has 1 aliphatic carbocycles. The zero-order valence-corrected chi connectivity index (χ0v) is 18.7. The van der Waals surface area contributed by atoms with Crippen LogP contribution >= 0.6 is 11.3 Å². The van der Waals surface area contributed by atoms with Crippen LogP contribution in [0.15, 0.2) is 59.1 Å². The molecule has 0 saturated heterocycles. The van der Waals surface area contributed by atoms with E-state index in [-0.39, 0.29) is 11.2 Å². The average molecular weight is 429 g/mol. The number of para-hydroxylation sites is 1. The van der Waals surface area contributed by atoms with Crippen LogP contribution in [0.2, 0.25) is 0 Å². The fourth-order valence-corrected chi connectivity index (χ4v) is 5.64. The predicted octanol–water partition coefficient (Wildman–Crippen LogP) is 5.12. The number of nitriles is 2. The number of thiophene rings is 1. The first-order chi connectivity index (χ1) is 14.8. The van der Waals surface area contributed by atoms with Crippen LogP contribution in [0.4, 0.5) is 5.69 Å². The predicted molar refractivity (Wildman–Crippen MR) is 122 cm³/mol. The lowest BCUT2D eigenvalue weighted by atomic mass is 9.69. The summed E-state index contributed by atoms with van der Waals surface area (Å²) in [6.45, 7) is 6.22. The number of aryl methyl sites for hydroxylation is 1. The molecule has 1 atom stereocenters. The number of anilines is 1. The summed E-state index contributed by atoms with van der Waals surface area (Å²) in [4.78, 5) is 17.4. The van der Waals surface area contributed by atoms with E-state index in [2.05, 4.69) is 39.0 Å². The van der Waals surface area contributed by atoms with Gasteiger partial charge in [0, 0.05) is 27.4 Å². The first kappa shape index (κ1) is 20.9. The van der Waals surface area contributed by atoms with E-state index in [0.717, 1.165) is 17.0 Å². The Hall–Kier alpha value is -3.35. The first-order valence-corrected chi connectivity index (χ1v) is 11.2. The van der Waals surface area contributed by atoms with Crippen LogP contribution in [-0.4, -0.2) is 5.78 Å². The lowest BCUT2D eigenvalue weighted by Gasteiger charge is -2.43. The molecule has 1 aromatic carbocycles. The fraction of sp³-hybridized carbons (Fsp3) is 0.320. The van der Waals surface area contributed by atoms with Gasteiger partial charge in [0.05, 0.1) is 28.8 Å². The Morgan fingerprint density at radius 1 is 1.16 bits per heavy atom. The summed E-state index contributed by atoms with van der Waals surface area (Å²) in [6, 6.07) is 15.8. The van der Waals surface area contributed by atoms with Gasteiger partial charge < -0.3 is 5.73 Å². The minimum Gasteiger partial charge on any atom is -0.384 e. The van der Waals surface area contributed by atoms with Crippen molar-refractivity contribution < 1.29 is 4.79 Å². The minimum absolute atomic E-state index is 0.0439. The van der Waals surface area contributed by atoms with Crippen LogP contribution < -0.4 is 10.6 Å². The minimum atomic E-state index is -0.459. The van der Waals surface area contributed by atoms with Crippen LogP contribution in [-0.2, 0) is 11.2 Å². The van der Waals surface area contributed by atoms with Gasteiger partial charge in [0.2, 0.25) is 0 Å². The summed E-state index contributed by atoms with van der Waals surface area (Å²) in [5.74, 6) is -0.118. The van der Waals surface area contributed by atoms with Crippen molar-refractivity contribution in [2.45, 2.75) is 46.0 Å². The van der Waals surface area contributed by atoms with Crippen LogP contribution in [0.3, 0.4) is 0 Å². The molecule has 0 radical (unpaired) electrons. The molecule has 156 valence electrons. The smallest absolute Gasteiger partial charge is 0.162 e. The topological polar surface area (TPSA) is 93.9 Å². The number of hydrogen-bond donors (Lipinski definition) is 1. The average Bonchev–Trinajstić information content (AvgIpc) is 3.21. The maximum atomic E-state index is 13.5. The van der Waals surface area contributed by atoms with Gasteiger partial charge in [-0.15, -0.1) is 11.3 Å². The highest BCUT2D eigenvalue weighted by Gasteiger charge is 2.45. The normalized spacial score (nSPS) is 20.4. The van der Waals surface area contributed by atoms with E-state index >= 15 is 0 Å². The van der Waals surface area contributed by atoms with Gasteiger partial charge in [-0.3, -0.25) is 9.69 Å². The van der Waals surface area contributed by atoms with E-state index in [1.165, 1.54) is 4.88 Å². The number of allylic oxidation sites excluding steroid dienone is 3. The van der Waals surface area contributed by atoms with E-state index in [9.17, 15) is 15.3 Å². The lowest BCUT2D eigenvalue weighted by molar-refractivity contribution is -0.118. The molecule has 6 heteroatoms. The molecule has 2 aromatic rings. The SMILES string of the molecule is CCc1ccc([C@H]2C(C#N)=C(N)N(c3ccccc3C#N)C3=C2C(=O)CC(C)(C)C3)s1. The largest absolute Gasteiger partial charge is 0.384 e. The number of ketones is 1. The van der Waals surface area contributed by atoms with E-state index < -0.39 is 5.92 Å². The van der Waals surface area contributed by atoms with E-state index in [1.807, 2.05) is 18.2 Å². The number of hydrogen-bond acceptors (Lipinski definition) is 6. The summed E-state index contributed by atoms with van der Waals surface area (Å²) < 4.78 is 0. The number of Topliss-reactive ketones (excluding diaryl/α,β-unsaturated/α-hetero) is 1. The molecule has 2 N–H and O–H groups in total. The Morgan fingerprint density at radius 3 is 2.55 bits per heavy atom. The first-order valence-electron chi connectivity index (χ1n) is 10.3. The second-order valence-electron chi connectivity index (χ2n) is 8.77. The van der Waals surface area contributed by atoms with Crippen LogP contribution in [0.1, 0.15) is 54.8 Å². The quantitative estimate of drug-likeness (QED) is 0.732. The van der Waals surface area contributed by atoms with E-state index in [0.29, 0.717) is 41.1 Å². The molecule has 31 heavy (non-hydrogen) atoms. The zero-order valence-electron chi connectivity index (χ0n) is 17.9. The highest BCUT2D eigenvalue weighted by Crippen LogP contribution is 2.51. The summed E-state index contributed by atoms with van der Waals surface area (Å²) in [6.07, 6.45) is 1.95. The number of rotatable bonds is 3. The molecular formula is C25H24N4OS. The third kappa shape index (κ3) is 3.44. The molecule has 0 fully saturated rings. The second kappa shape index (κ2) is 7.72. The van der Waals surface area contributed by atoms with Gasteiger partial charge in [-0.25, -0.2) is 0 Å². The standard InChI is InChI=1S/C25H24N4OS/c1-4-16-9-10-21(31-16)22-17(14-27)24(28)29(18-8-6-5-7-15(18)13-26)19-11-25(2,3)12-20(30)23(19)22/h5-10,22H,4,11-12,28H2,1-3H3/t22-/m1/s1. The maximum Gasteiger partial charge on any atom is 0.162 e. The number of carbonyl (C=O) groups is 1. The van der Waals surface area contributed by atoms with Gasteiger partial charge >= 0.3 is 0 Å². The number of nitrogens with two attached hydrogens (primary N) is 1. The third-order valence-corrected chi connectivity index (χ3v) is 7.26. The Kier molecular flexibility index (Phi) is 5.21. The van der Waals surface area contributed by atoms with Crippen molar-refractivity contribution in [2.75, 3.05) is 4.90 Å². The lowest BCUT2D eigenvalue weighted by Crippen LogP contribution is -2.42. The Bertz CT molecular complexity index is 1220. The fourth-order valence-electron chi connectivity index (χ4n) is 4.57. The Morgan fingerprint density at radius 2 is 1.90 bits per heavy atom. The van der Waals surface area contributed by atoms with Crippen molar-refractivity contribution >= 4 is 22.8 Å². The Balaban J connectivity index is 2.02. The monoisotopic (exact) mass is 428 g/mol. The molecule has 0 bridgehead atoms. The molecule has 5 nitrogen and oxygen atoms in total. The number of nitrogens with zero attached hydrogens (tertiary/aromatic N) is 3. The molecule has 0 spiro atoms. The van der Waals surface area contributed by atoms with Gasteiger partial charge in [0.15, 0.2) is 5.78 Å². The third-order valence-electron chi connectivity index (χ3n) is 5.96. The van der Waals surface area contributed by atoms with Crippen molar-refractivity contribution in [3.05, 3.63) is 74.4 Å². The molecule has 1 aliphatic heterocycles. The second-order valence-corrected chi connectivity index (χ2v) is 9.97. The molecular weight excluding hydrogens is 404 g/mol. The summed E-state index contributed by atoms with van der Waals surface area (Å²) >= 11 is 1.62. The van der Waals surface area contributed by atoms with Gasteiger partial charge in [-0.05, 0) is 42.5 Å². The van der Waals surface area contributed by atoms with E-state index in [4.69, 9.17) is 5.73 Å². The van der Waals surface area contributed by atoms with Crippen LogP contribution in [0.5, 0.6) is 0 Å². The highest BCUT2D eigenvalue weighted by atomic mass is 32.1. The van der Waals surface area contributed by atoms with Crippen LogP contribution in [0.25, 0.3) is 0 Å². The molecule has 2 aliphatic rings. The molecule has 4 rings (SSSR count). The number of benzene rings is 1. The molecule has 0 unspecified atom stereocenters. The van der Waals surface area contributed by atoms with Crippen molar-refractivity contribution in [3.8, 4) is 12.1 Å². The van der Waals surface area contributed by atoms with Crippen molar-refractivity contribution in [1.82, 2.24) is 0 Å². The van der Waals surface area contributed by atoms with Gasteiger partial charge in [-0.2, -0.15) is 10.5 Å². The summed E-state index contributed by atoms with van der Waals surface area (Å²) in [7, 11) is 0. The molecule has 2 heterocycles. The summed E-state index contributed by atoms with van der Waals surface area (Å²) in [5, 5.41) is 19.8.